The van der Waals surface area contributed by atoms with E-state index in [-0.39, 0.29) is 5.97 Å². The molecule has 0 atom stereocenters. The molecule has 0 saturated carbocycles. The van der Waals surface area contributed by atoms with Crippen LogP contribution in [0.4, 0.5) is 0 Å². The van der Waals surface area contributed by atoms with Gasteiger partial charge in [0, 0.05) is 24.5 Å². The molecule has 0 N–H and O–H groups in total. The van der Waals surface area contributed by atoms with Crippen molar-refractivity contribution >= 4 is 29.1 Å². The fraction of sp³-hybridized carbons (Fsp3) is 0.250. The second kappa shape index (κ2) is 7.59. The number of pyridine rings is 1. The molecule has 3 aromatic heterocycles. The van der Waals surface area contributed by atoms with Crippen LogP contribution in [0.2, 0.25) is 0 Å². The molecule has 0 fully saturated rings. The zero-order valence-electron chi connectivity index (χ0n) is 13.3. The van der Waals surface area contributed by atoms with Crippen LogP contribution >= 0.6 is 23.1 Å². The van der Waals surface area contributed by atoms with Crippen molar-refractivity contribution in [2.75, 3.05) is 6.61 Å². The zero-order chi connectivity index (χ0) is 16.9. The summed E-state index contributed by atoms with van der Waals surface area (Å²) in [5.74, 6) is 0.543. The molecule has 0 aromatic carbocycles. The van der Waals surface area contributed by atoms with E-state index in [0.717, 1.165) is 22.4 Å². The summed E-state index contributed by atoms with van der Waals surface area (Å²) in [5.41, 5.74) is 0.442. The number of aromatic nitrogens is 4. The molecule has 0 amide bonds. The molecule has 0 aliphatic heterocycles. The summed E-state index contributed by atoms with van der Waals surface area (Å²) < 4.78 is 6.91. The predicted octanol–water partition coefficient (Wildman–Crippen LogP) is 3.19. The van der Waals surface area contributed by atoms with E-state index in [1.807, 2.05) is 17.7 Å². The lowest BCUT2D eigenvalue weighted by Gasteiger charge is -2.04. The summed E-state index contributed by atoms with van der Waals surface area (Å²) in [6.45, 7) is 2.12. The molecular formula is C16H16N4O2S2. The fourth-order valence-corrected chi connectivity index (χ4v) is 3.48. The lowest BCUT2D eigenvalue weighted by Crippen LogP contribution is -2.05. The Labute approximate surface area is 147 Å². The highest BCUT2D eigenvalue weighted by Crippen LogP contribution is 2.25. The highest BCUT2D eigenvalue weighted by Gasteiger charge is 2.13. The van der Waals surface area contributed by atoms with E-state index in [1.165, 1.54) is 22.8 Å². The Morgan fingerprint density at radius 2 is 2.21 bits per heavy atom. The Morgan fingerprint density at radius 3 is 2.88 bits per heavy atom. The largest absolute Gasteiger partial charge is 0.462 e. The van der Waals surface area contributed by atoms with Crippen LogP contribution in [0.15, 0.2) is 46.0 Å². The molecular weight excluding hydrogens is 344 g/mol. The van der Waals surface area contributed by atoms with Crippen LogP contribution in [0.25, 0.3) is 0 Å². The first-order chi connectivity index (χ1) is 11.7. The molecule has 0 aliphatic rings. The smallest absolute Gasteiger partial charge is 0.339 e. The van der Waals surface area contributed by atoms with Crippen LogP contribution in [0, 0.1) is 0 Å². The van der Waals surface area contributed by atoms with Gasteiger partial charge in [-0.25, -0.2) is 9.78 Å². The molecule has 0 unspecified atom stereocenters. The molecule has 0 spiro atoms. The third-order valence-corrected chi connectivity index (χ3v) is 5.15. The SMILES string of the molecule is CCOC(=O)c1ccc(Sc2nnc(Cc3cccs3)n2C)nc1. The van der Waals surface area contributed by atoms with Gasteiger partial charge in [0.1, 0.15) is 10.9 Å². The van der Waals surface area contributed by atoms with Gasteiger partial charge in [0.05, 0.1) is 12.2 Å². The number of carbonyl (C=O) groups excluding carboxylic acids is 1. The molecule has 6 nitrogen and oxygen atoms in total. The molecule has 24 heavy (non-hydrogen) atoms. The Morgan fingerprint density at radius 1 is 1.33 bits per heavy atom. The second-order valence-corrected chi connectivity index (χ2v) is 6.94. The third-order valence-electron chi connectivity index (χ3n) is 3.28. The molecule has 8 heteroatoms. The van der Waals surface area contributed by atoms with Crippen molar-refractivity contribution in [2.45, 2.75) is 23.5 Å². The highest BCUT2D eigenvalue weighted by atomic mass is 32.2. The number of ether oxygens (including phenoxy) is 1. The number of hydrogen-bond acceptors (Lipinski definition) is 7. The monoisotopic (exact) mass is 360 g/mol. The first-order valence-electron chi connectivity index (χ1n) is 7.39. The average molecular weight is 360 g/mol. The normalized spacial score (nSPS) is 10.8. The topological polar surface area (TPSA) is 69.9 Å². The maximum absolute atomic E-state index is 11.6. The van der Waals surface area contributed by atoms with E-state index in [1.54, 1.807) is 30.4 Å². The van der Waals surface area contributed by atoms with E-state index >= 15 is 0 Å². The van der Waals surface area contributed by atoms with E-state index < -0.39 is 0 Å². The predicted molar refractivity (Wildman–Crippen MR) is 92.4 cm³/mol. The summed E-state index contributed by atoms with van der Waals surface area (Å²) in [6.07, 6.45) is 2.28. The molecule has 3 aromatic rings. The summed E-state index contributed by atoms with van der Waals surface area (Å²) in [7, 11) is 1.94. The van der Waals surface area contributed by atoms with Crippen molar-refractivity contribution in [1.82, 2.24) is 19.7 Å². The van der Waals surface area contributed by atoms with Crippen LogP contribution in [0.1, 0.15) is 28.0 Å². The summed E-state index contributed by atoms with van der Waals surface area (Å²) in [5, 5.41) is 12.0. The number of thiophene rings is 1. The second-order valence-electron chi connectivity index (χ2n) is 4.92. The third kappa shape index (κ3) is 3.82. The van der Waals surface area contributed by atoms with Gasteiger partial charge in [-0.1, -0.05) is 6.07 Å². The number of rotatable bonds is 6. The molecule has 0 radical (unpaired) electrons. The minimum Gasteiger partial charge on any atom is -0.462 e. The van der Waals surface area contributed by atoms with E-state index in [0.29, 0.717) is 12.2 Å². The minimum atomic E-state index is -0.363. The van der Waals surface area contributed by atoms with E-state index in [9.17, 15) is 4.79 Å². The maximum Gasteiger partial charge on any atom is 0.339 e. The van der Waals surface area contributed by atoms with Gasteiger partial charge in [-0.2, -0.15) is 0 Å². The number of esters is 1. The first-order valence-corrected chi connectivity index (χ1v) is 9.08. The molecule has 124 valence electrons. The maximum atomic E-state index is 11.6. The Bertz CT molecular complexity index is 813. The van der Waals surface area contributed by atoms with Crippen LogP contribution in [-0.2, 0) is 18.2 Å². The summed E-state index contributed by atoms with van der Waals surface area (Å²) >= 11 is 3.11. The van der Waals surface area contributed by atoms with Crippen LogP contribution in [-0.4, -0.2) is 32.3 Å². The standard InChI is InChI=1S/C16H16N4O2S2/c1-3-22-15(21)11-6-7-14(17-10-11)24-16-19-18-13(20(16)2)9-12-5-4-8-23-12/h4-8,10H,3,9H2,1-2H3. The average Bonchev–Trinajstić information content (AvgIpc) is 3.21. The number of nitrogens with zero attached hydrogens (tertiary/aromatic N) is 4. The lowest BCUT2D eigenvalue weighted by molar-refractivity contribution is 0.0525. The van der Waals surface area contributed by atoms with Crippen molar-refractivity contribution in [1.29, 1.82) is 0 Å². The molecule has 0 saturated heterocycles. The number of hydrogen-bond donors (Lipinski definition) is 0. The molecule has 0 bridgehead atoms. The Hall–Kier alpha value is -2.19. The summed E-state index contributed by atoms with van der Waals surface area (Å²) in [6, 6.07) is 7.60. The van der Waals surface area contributed by atoms with Crippen molar-refractivity contribution < 1.29 is 9.53 Å². The van der Waals surface area contributed by atoms with Gasteiger partial charge in [-0.15, -0.1) is 21.5 Å². The van der Waals surface area contributed by atoms with Crippen molar-refractivity contribution in [3.05, 3.63) is 52.1 Å². The number of carbonyl (C=O) groups is 1. The quantitative estimate of drug-likeness (QED) is 0.629. The molecule has 3 rings (SSSR count). The van der Waals surface area contributed by atoms with Gasteiger partial charge in [0.25, 0.3) is 0 Å². The Balaban J connectivity index is 1.70. The van der Waals surface area contributed by atoms with Crippen molar-refractivity contribution in [2.24, 2.45) is 7.05 Å². The summed E-state index contributed by atoms with van der Waals surface area (Å²) in [4.78, 5) is 17.2. The molecule has 3 heterocycles. The molecule has 0 aliphatic carbocycles. The van der Waals surface area contributed by atoms with Gasteiger partial charge in [0.2, 0.25) is 0 Å². The minimum absolute atomic E-state index is 0.349. The van der Waals surface area contributed by atoms with Gasteiger partial charge in [-0.05, 0) is 42.3 Å². The van der Waals surface area contributed by atoms with E-state index in [4.69, 9.17) is 4.74 Å². The van der Waals surface area contributed by atoms with Crippen LogP contribution < -0.4 is 0 Å². The zero-order valence-corrected chi connectivity index (χ0v) is 14.9. The van der Waals surface area contributed by atoms with E-state index in [2.05, 4.69) is 26.6 Å². The van der Waals surface area contributed by atoms with Gasteiger partial charge in [0.15, 0.2) is 5.16 Å². The van der Waals surface area contributed by atoms with Gasteiger partial charge >= 0.3 is 5.97 Å². The highest BCUT2D eigenvalue weighted by molar-refractivity contribution is 7.99. The van der Waals surface area contributed by atoms with Gasteiger partial charge < -0.3 is 9.30 Å². The van der Waals surface area contributed by atoms with Crippen LogP contribution in [0.3, 0.4) is 0 Å². The fourth-order valence-electron chi connectivity index (χ4n) is 2.03. The van der Waals surface area contributed by atoms with Gasteiger partial charge in [-0.3, -0.25) is 0 Å². The van der Waals surface area contributed by atoms with Crippen LogP contribution in [0.5, 0.6) is 0 Å². The first kappa shape index (κ1) is 16.7. The van der Waals surface area contributed by atoms with Crippen molar-refractivity contribution in [3.8, 4) is 0 Å². The van der Waals surface area contributed by atoms with Crippen molar-refractivity contribution in [3.63, 3.8) is 0 Å². The lowest BCUT2D eigenvalue weighted by atomic mass is 10.3. The Kier molecular flexibility index (Phi) is 5.27.